The van der Waals surface area contributed by atoms with Gasteiger partial charge >= 0.3 is 0 Å². The van der Waals surface area contributed by atoms with E-state index in [0.29, 0.717) is 12.2 Å². The molecule has 0 amide bonds. The zero-order valence-corrected chi connectivity index (χ0v) is 10.3. The second-order valence-electron chi connectivity index (χ2n) is 4.92. The average Bonchev–Trinajstić information content (AvgIpc) is 2.38. The normalized spacial score (nSPS) is 36.2. The lowest BCUT2D eigenvalue weighted by atomic mass is 9.99. The molecule has 0 aromatic heterocycles. The third-order valence-electron chi connectivity index (χ3n) is 3.66. The lowest BCUT2D eigenvalue weighted by Gasteiger charge is -2.30. The minimum Gasteiger partial charge on any atom is -0.378 e. The highest BCUT2D eigenvalue weighted by atomic mass is 16.7. The minimum absolute atomic E-state index is 0.0334. The van der Waals surface area contributed by atoms with Gasteiger partial charge in [-0.05, 0) is 51.4 Å². The number of ether oxygens (including phenoxy) is 3. The van der Waals surface area contributed by atoms with Crippen molar-refractivity contribution < 1.29 is 14.2 Å². The van der Waals surface area contributed by atoms with Gasteiger partial charge in [0, 0.05) is 13.7 Å². The van der Waals surface area contributed by atoms with Gasteiger partial charge in [0.25, 0.3) is 0 Å². The van der Waals surface area contributed by atoms with Gasteiger partial charge in [0.15, 0.2) is 6.29 Å². The van der Waals surface area contributed by atoms with Crippen LogP contribution < -0.4 is 0 Å². The first-order chi connectivity index (χ1) is 7.88. The smallest absolute Gasteiger partial charge is 0.157 e. The summed E-state index contributed by atoms with van der Waals surface area (Å²) in [5.74, 6) is 0. The highest BCUT2D eigenvalue weighted by molar-refractivity contribution is 4.70. The highest BCUT2D eigenvalue weighted by Crippen LogP contribution is 2.25. The Bertz CT molecular complexity index is 190. The van der Waals surface area contributed by atoms with Crippen molar-refractivity contribution in [2.45, 2.75) is 69.9 Å². The van der Waals surface area contributed by atoms with E-state index in [1.165, 1.54) is 32.1 Å². The summed E-state index contributed by atoms with van der Waals surface area (Å²) in [5.41, 5.74) is 0. The summed E-state index contributed by atoms with van der Waals surface area (Å²) in [7, 11) is 1.73. The Balaban J connectivity index is 1.64. The lowest BCUT2D eigenvalue weighted by molar-refractivity contribution is -0.183. The van der Waals surface area contributed by atoms with E-state index in [1.807, 2.05) is 0 Å². The van der Waals surface area contributed by atoms with Gasteiger partial charge in [-0.25, -0.2) is 0 Å². The van der Waals surface area contributed by atoms with Gasteiger partial charge in [-0.15, -0.1) is 0 Å². The summed E-state index contributed by atoms with van der Waals surface area (Å²) in [6, 6.07) is 0. The molecule has 0 bridgehead atoms. The molecule has 0 saturated carbocycles. The third-order valence-corrected chi connectivity index (χ3v) is 3.66. The molecule has 0 aromatic rings. The molecule has 94 valence electrons. The van der Waals surface area contributed by atoms with Crippen LogP contribution in [0.25, 0.3) is 0 Å². The van der Waals surface area contributed by atoms with Crippen molar-refractivity contribution in [3.63, 3.8) is 0 Å². The Morgan fingerprint density at radius 2 is 1.81 bits per heavy atom. The first-order valence-corrected chi connectivity index (χ1v) is 6.68. The zero-order valence-electron chi connectivity index (χ0n) is 10.3. The fraction of sp³-hybridized carbons (Fsp3) is 1.00. The molecule has 0 N–H and O–H groups in total. The Morgan fingerprint density at radius 3 is 2.56 bits per heavy atom. The van der Waals surface area contributed by atoms with E-state index in [1.54, 1.807) is 7.11 Å². The van der Waals surface area contributed by atoms with Crippen LogP contribution in [-0.2, 0) is 14.2 Å². The lowest BCUT2D eigenvalue weighted by Crippen LogP contribution is -2.30. The van der Waals surface area contributed by atoms with Crippen molar-refractivity contribution in [3.8, 4) is 0 Å². The van der Waals surface area contributed by atoms with Crippen LogP contribution in [-0.4, -0.2) is 32.2 Å². The number of methoxy groups -OCH3 is 1. The van der Waals surface area contributed by atoms with Gasteiger partial charge in [0.1, 0.15) is 0 Å². The predicted molar refractivity (Wildman–Crippen MR) is 62.3 cm³/mol. The summed E-state index contributed by atoms with van der Waals surface area (Å²) >= 11 is 0. The molecule has 0 radical (unpaired) electrons. The van der Waals surface area contributed by atoms with Crippen molar-refractivity contribution >= 4 is 0 Å². The van der Waals surface area contributed by atoms with Gasteiger partial charge in [-0.2, -0.15) is 0 Å². The van der Waals surface area contributed by atoms with Crippen LogP contribution in [0.4, 0.5) is 0 Å². The molecule has 3 nitrogen and oxygen atoms in total. The largest absolute Gasteiger partial charge is 0.378 e. The second-order valence-corrected chi connectivity index (χ2v) is 4.92. The van der Waals surface area contributed by atoms with Gasteiger partial charge < -0.3 is 14.2 Å². The summed E-state index contributed by atoms with van der Waals surface area (Å²) in [4.78, 5) is 0. The fourth-order valence-corrected chi connectivity index (χ4v) is 2.66. The van der Waals surface area contributed by atoms with Crippen molar-refractivity contribution in [3.05, 3.63) is 0 Å². The van der Waals surface area contributed by atoms with E-state index in [4.69, 9.17) is 14.2 Å². The maximum atomic E-state index is 5.85. The van der Waals surface area contributed by atoms with Crippen molar-refractivity contribution in [2.75, 3.05) is 13.7 Å². The first-order valence-electron chi connectivity index (χ1n) is 6.68. The monoisotopic (exact) mass is 228 g/mol. The van der Waals surface area contributed by atoms with E-state index in [-0.39, 0.29) is 6.29 Å². The quantitative estimate of drug-likeness (QED) is 0.740. The molecule has 3 heteroatoms. The molecule has 0 spiro atoms. The average molecular weight is 228 g/mol. The summed E-state index contributed by atoms with van der Waals surface area (Å²) in [5, 5.41) is 0. The third kappa shape index (κ3) is 3.72. The van der Waals surface area contributed by atoms with E-state index >= 15 is 0 Å². The Morgan fingerprint density at radius 1 is 1.00 bits per heavy atom. The topological polar surface area (TPSA) is 27.7 Å². The molecule has 16 heavy (non-hydrogen) atoms. The number of rotatable bonds is 4. The van der Waals surface area contributed by atoms with Gasteiger partial charge in [0.05, 0.1) is 12.2 Å². The van der Waals surface area contributed by atoms with Crippen LogP contribution in [0.2, 0.25) is 0 Å². The van der Waals surface area contributed by atoms with Crippen LogP contribution >= 0.6 is 0 Å². The Labute approximate surface area is 98.4 Å². The van der Waals surface area contributed by atoms with Crippen LogP contribution in [0.15, 0.2) is 0 Å². The summed E-state index contributed by atoms with van der Waals surface area (Å²) < 4.78 is 16.8. The fourth-order valence-electron chi connectivity index (χ4n) is 2.66. The molecule has 2 fully saturated rings. The maximum absolute atomic E-state index is 5.85. The molecule has 2 heterocycles. The highest BCUT2D eigenvalue weighted by Gasteiger charge is 2.23. The Kier molecular flexibility index (Phi) is 5.07. The van der Waals surface area contributed by atoms with Gasteiger partial charge in [0.2, 0.25) is 0 Å². The van der Waals surface area contributed by atoms with Crippen molar-refractivity contribution in [1.29, 1.82) is 0 Å². The molecule has 2 saturated heterocycles. The van der Waals surface area contributed by atoms with E-state index in [0.717, 1.165) is 25.9 Å². The second kappa shape index (κ2) is 6.58. The molecule has 0 aromatic carbocycles. The van der Waals surface area contributed by atoms with Crippen molar-refractivity contribution in [2.24, 2.45) is 0 Å². The Hall–Kier alpha value is -0.120. The molecular weight excluding hydrogens is 204 g/mol. The van der Waals surface area contributed by atoms with Crippen LogP contribution in [0.3, 0.4) is 0 Å². The SMILES string of the molecule is CO[C@@H]1CCC[C@@H](CCC2CCCCO2)O1. The molecule has 2 aliphatic rings. The van der Waals surface area contributed by atoms with Crippen LogP contribution in [0, 0.1) is 0 Å². The summed E-state index contributed by atoms with van der Waals surface area (Å²) in [6.45, 7) is 0.955. The zero-order chi connectivity index (χ0) is 11.2. The maximum Gasteiger partial charge on any atom is 0.157 e. The van der Waals surface area contributed by atoms with Crippen molar-refractivity contribution in [1.82, 2.24) is 0 Å². The first kappa shape index (κ1) is 12.3. The standard InChI is InChI=1S/C13H24O3/c1-14-13-7-4-6-12(16-13)9-8-11-5-2-3-10-15-11/h11-13H,2-10H2,1H3/t11?,12-,13-/m0/s1. The van der Waals surface area contributed by atoms with E-state index in [9.17, 15) is 0 Å². The number of hydrogen-bond acceptors (Lipinski definition) is 3. The minimum atomic E-state index is 0.0334. The van der Waals surface area contributed by atoms with Crippen LogP contribution in [0.5, 0.6) is 0 Å². The number of hydrogen-bond donors (Lipinski definition) is 0. The van der Waals surface area contributed by atoms with Gasteiger partial charge in [-0.3, -0.25) is 0 Å². The molecule has 0 aliphatic carbocycles. The molecule has 3 atom stereocenters. The molecular formula is C13H24O3. The molecule has 1 unspecified atom stereocenters. The van der Waals surface area contributed by atoms with Crippen LogP contribution in [0.1, 0.15) is 51.4 Å². The molecule has 2 aliphatic heterocycles. The molecule has 2 rings (SSSR count). The van der Waals surface area contributed by atoms with Gasteiger partial charge in [-0.1, -0.05) is 0 Å². The van der Waals surface area contributed by atoms with E-state index in [2.05, 4.69) is 0 Å². The van der Waals surface area contributed by atoms with E-state index < -0.39 is 0 Å². The predicted octanol–water partition coefficient (Wildman–Crippen LogP) is 2.88. The summed E-state index contributed by atoms with van der Waals surface area (Å²) in [6.07, 6.45) is 10.5.